The second-order valence-electron chi connectivity index (χ2n) is 8.39. The van der Waals surface area contributed by atoms with Gasteiger partial charge < -0.3 is 20.1 Å². The summed E-state index contributed by atoms with van der Waals surface area (Å²) in [6, 6.07) is 3.64. The number of methoxy groups -OCH3 is 1. The SMILES string of the molecule is COCCCNC(=O)N1CCC(C(C)(C)C(O)c2cc(Cl)cc3cn[nH]c23)CC1. The number of halogens is 1. The first kappa shape index (κ1) is 21.9. The van der Waals surface area contributed by atoms with Crippen LogP contribution in [0.3, 0.4) is 0 Å². The summed E-state index contributed by atoms with van der Waals surface area (Å²) >= 11 is 6.26. The summed E-state index contributed by atoms with van der Waals surface area (Å²) in [4.78, 5) is 14.2. The molecule has 1 unspecified atom stereocenters. The lowest BCUT2D eigenvalue weighted by Crippen LogP contribution is -2.47. The van der Waals surface area contributed by atoms with Gasteiger partial charge in [-0.05, 0) is 42.7 Å². The van der Waals surface area contributed by atoms with Gasteiger partial charge in [-0.15, -0.1) is 0 Å². The van der Waals surface area contributed by atoms with Gasteiger partial charge in [-0.25, -0.2) is 4.79 Å². The number of benzene rings is 1. The Hall–Kier alpha value is -1.83. The number of nitrogens with one attached hydrogen (secondary N) is 2. The van der Waals surface area contributed by atoms with Crippen LogP contribution in [-0.4, -0.2) is 59.6 Å². The first-order chi connectivity index (χ1) is 13.8. The molecule has 7 nitrogen and oxygen atoms in total. The number of hydrogen-bond acceptors (Lipinski definition) is 4. The van der Waals surface area contributed by atoms with Crippen molar-refractivity contribution in [1.82, 2.24) is 20.4 Å². The van der Waals surface area contributed by atoms with E-state index in [1.807, 2.05) is 17.0 Å². The molecule has 2 aromatic rings. The highest BCUT2D eigenvalue weighted by molar-refractivity contribution is 6.31. The molecule has 160 valence electrons. The number of H-pyrrole nitrogens is 1. The molecule has 1 fully saturated rings. The number of aliphatic hydroxyl groups is 1. The van der Waals surface area contributed by atoms with E-state index in [2.05, 4.69) is 29.4 Å². The van der Waals surface area contributed by atoms with Crippen molar-refractivity contribution in [2.75, 3.05) is 33.4 Å². The zero-order valence-electron chi connectivity index (χ0n) is 17.4. The van der Waals surface area contributed by atoms with Crippen LogP contribution >= 0.6 is 11.6 Å². The van der Waals surface area contributed by atoms with E-state index in [-0.39, 0.29) is 17.4 Å². The van der Waals surface area contributed by atoms with Crippen LogP contribution in [0, 0.1) is 11.3 Å². The van der Waals surface area contributed by atoms with E-state index in [1.54, 1.807) is 13.3 Å². The predicted octanol–water partition coefficient (Wildman–Crippen LogP) is 3.73. The number of fused-ring (bicyclic) bond motifs is 1. The van der Waals surface area contributed by atoms with E-state index >= 15 is 0 Å². The van der Waals surface area contributed by atoms with Gasteiger partial charge in [0.1, 0.15) is 0 Å². The topological polar surface area (TPSA) is 90.5 Å². The van der Waals surface area contributed by atoms with Gasteiger partial charge in [-0.1, -0.05) is 25.4 Å². The van der Waals surface area contributed by atoms with Crippen molar-refractivity contribution in [3.63, 3.8) is 0 Å². The number of hydrogen-bond donors (Lipinski definition) is 3. The molecule has 29 heavy (non-hydrogen) atoms. The summed E-state index contributed by atoms with van der Waals surface area (Å²) in [6.45, 7) is 6.81. The van der Waals surface area contributed by atoms with Crippen LogP contribution in [0.5, 0.6) is 0 Å². The third kappa shape index (κ3) is 4.85. The minimum absolute atomic E-state index is 0.0214. The predicted molar refractivity (Wildman–Crippen MR) is 114 cm³/mol. The smallest absolute Gasteiger partial charge is 0.317 e. The Balaban J connectivity index is 1.63. The van der Waals surface area contributed by atoms with Crippen LogP contribution in [0.4, 0.5) is 4.79 Å². The molecule has 1 aromatic heterocycles. The average Bonchev–Trinajstić information content (AvgIpc) is 3.18. The number of aromatic amines is 1. The van der Waals surface area contributed by atoms with Crippen LogP contribution in [0.15, 0.2) is 18.3 Å². The number of nitrogens with zero attached hydrogens (tertiary/aromatic N) is 2. The minimum Gasteiger partial charge on any atom is -0.388 e. The molecule has 0 bridgehead atoms. The quantitative estimate of drug-likeness (QED) is 0.593. The van der Waals surface area contributed by atoms with Crippen LogP contribution in [0.25, 0.3) is 10.9 Å². The molecule has 0 aliphatic carbocycles. The highest BCUT2D eigenvalue weighted by Gasteiger charge is 2.40. The van der Waals surface area contributed by atoms with Crippen molar-refractivity contribution >= 4 is 28.5 Å². The van der Waals surface area contributed by atoms with Crippen LogP contribution in [-0.2, 0) is 4.74 Å². The van der Waals surface area contributed by atoms with E-state index in [1.165, 1.54) is 0 Å². The van der Waals surface area contributed by atoms with Gasteiger partial charge in [0.2, 0.25) is 0 Å². The van der Waals surface area contributed by atoms with E-state index < -0.39 is 6.10 Å². The molecule has 1 aliphatic rings. The molecule has 1 saturated heterocycles. The monoisotopic (exact) mass is 422 g/mol. The summed E-state index contributed by atoms with van der Waals surface area (Å²) in [6.07, 6.45) is 3.53. The second kappa shape index (κ2) is 9.32. The first-order valence-corrected chi connectivity index (χ1v) is 10.5. The van der Waals surface area contributed by atoms with Gasteiger partial charge in [-0.3, -0.25) is 5.10 Å². The molecule has 0 radical (unpaired) electrons. The molecule has 8 heteroatoms. The lowest BCUT2D eigenvalue weighted by molar-refractivity contribution is -0.0143. The van der Waals surface area contributed by atoms with Gasteiger partial charge >= 0.3 is 6.03 Å². The number of aromatic nitrogens is 2. The maximum atomic E-state index is 12.3. The van der Waals surface area contributed by atoms with Crippen LogP contribution in [0.2, 0.25) is 5.02 Å². The summed E-state index contributed by atoms with van der Waals surface area (Å²) in [5, 5.41) is 22.8. The van der Waals surface area contributed by atoms with Gasteiger partial charge in [0.25, 0.3) is 0 Å². The largest absolute Gasteiger partial charge is 0.388 e. The molecule has 0 spiro atoms. The molecule has 1 atom stereocenters. The Bertz CT molecular complexity index is 830. The number of carbonyl (C=O) groups excluding carboxylic acids is 1. The average molecular weight is 423 g/mol. The minimum atomic E-state index is -0.691. The molecule has 3 N–H and O–H groups in total. The van der Waals surface area contributed by atoms with Gasteiger partial charge in [0.05, 0.1) is 17.8 Å². The first-order valence-electron chi connectivity index (χ1n) is 10.2. The number of ether oxygens (including phenoxy) is 1. The maximum absolute atomic E-state index is 12.3. The Morgan fingerprint density at radius 3 is 2.86 bits per heavy atom. The van der Waals surface area contributed by atoms with Crippen molar-refractivity contribution in [2.24, 2.45) is 11.3 Å². The number of carbonyl (C=O) groups is 1. The highest BCUT2D eigenvalue weighted by Crippen LogP contribution is 2.46. The van der Waals surface area contributed by atoms with Crippen molar-refractivity contribution in [3.05, 3.63) is 28.9 Å². The second-order valence-corrected chi connectivity index (χ2v) is 8.83. The lowest BCUT2D eigenvalue weighted by atomic mass is 9.68. The number of amides is 2. The van der Waals surface area contributed by atoms with E-state index in [4.69, 9.17) is 16.3 Å². The lowest BCUT2D eigenvalue weighted by Gasteiger charge is -2.43. The fraction of sp³-hybridized carbons (Fsp3) is 0.619. The van der Waals surface area contributed by atoms with Crippen LogP contribution < -0.4 is 5.32 Å². The number of rotatable bonds is 7. The molecule has 1 aromatic carbocycles. The molecule has 3 rings (SSSR count). The summed E-state index contributed by atoms with van der Waals surface area (Å²) in [7, 11) is 1.66. The standard InChI is InChI=1S/C21H31ClN4O3/c1-21(2,19(27)17-12-16(22)11-14-13-24-25-18(14)17)15-5-8-26(9-6-15)20(28)23-7-4-10-29-3/h11-13,15,19,27H,4-10H2,1-3H3,(H,23,28)(H,24,25). The number of piperidine rings is 1. The molecule has 1 aliphatic heterocycles. The third-order valence-electron chi connectivity index (χ3n) is 6.18. The zero-order chi connectivity index (χ0) is 21.0. The Kier molecular flexibility index (Phi) is 7.03. The van der Waals surface area contributed by atoms with Crippen molar-refractivity contribution in [2.45, 2.75) is 39.2 Å². The molecule has 2 heterocycles. The van der Waals surface area contributed by atoms with Gasteiger partial charge in [0.15, 0.2) is 0 Å². The van der Waals surface area contributed by atoms with Crippen molar-refractivity contribution in [1.29, 1.82) is 0 Å². The molecular formula is C21H31ClN4O3. The summed E-state index contributed by atoms with van der Waals surface area (Å²) in [5.74, 6) is 0.284. The van der Waals surface area contributed by atoms with Crippen molar-refractivity contribution in [3.8, 4) is 0 Å². The zero-order valence-corrected chi connectivity index (χ0v) is 18.1. The van der Waals surface area contributed by atoms with E-state index in [0.29, 0.717) is 31.3 Å². The van der Waals surface area contributed by atoms with Crippen LogP contribution in [0.1, 0.15) is 44.8 Å². The fourth-order valence-corrected chi connectivity index (χ4v) is 4.47. The molecular weight excluding hydrogens is 392 g/mol. The maximum Gasteiger partial charge on any atom is 0.317 e. The van der Waals surface area contributed by atoms with Gasteiger partial charge in [-0.2, -0.15) is 5.10 Å². The number of likely N-dealkylation sites (tertiary alicyclic amines) is 1. The number of aliphatic hydroxyl groups excluding tert-OH is 1. The Morgan fingerprint density at radius 2 is 2.17 bits per heavy atom. The van der Waals surface area contributed by atoms with E-state index in [0.717, 1.165) is 35.7 Å². The van der Waals surface area contributed by atoms with Gasteiger partial charge in [0, 0.05) is 49.3 Å². The highest BCUT2D eigenvalue weighted by atomic mass is 35.5. The number of urea groups is 1. The fourth-order valence-electron chi connectivity index (χ4n) is 4.24. The normalized spacial score (nSPS) is 16.9. The summed E-state index contributed by atoms with van der Waals surface area (Å²) in [5.41, 5.74) is 1.22. The third-order valence-corrected chi connectivity index (χ3v) is 6.40. The molecule has 2 amide bonds. The van der Waals surface area contributed by atoms with Crippen molar-refractivity contribution < 1.29 is 14.6 Å². The Morgan fingerprint density at radius 1 is 1.45 bits per heavy atom. The summed E-state index contributed by atoms with van der Waals surface area (Å²) < 4.78 is 5.01. The van der Waals surface area contributed by atoms with E-state index in [9.17, 15) is 9.90 Å². The Labute approximate surface area is 176 Å². The molecule has 0 saturated carbocycles.